The minimum atomic E-state index is 0.543. The molecule has 3 heteroatoms. The Morgan fingerprint density at radius 3 is 2.62 bits per heavy atom. The minimum absolute atomic E-state index is 0.543. The Labute approximate surface area is 104 Å². The zero-order chi connectivity index (χ0) is 11.4. The van der Waals surface area contributed by atoms with Gasteiger partial charge in [0.2, 0.25) is 0 Å². The Balaban J connectivity index is 1.81. The van der Waals surface area contributed by atoms with Crippen molar-refractivity contribution in [3.63, 3.8) is 0 Å². The molecule has 2 atom stereocenters. The molecule has 0 aromatic heterocycles. The topological polar surface area (TPSA) is 38.0 Å². The van der Waals surface area contributed by atoms with E-state index in [-0.39, 0.29) is 0 Å². The predicted octanol–water partition coefficient (Wildman–Crippen LogP) is 2.38. The Morgan fingerprint density at radius 1 is 1.25 bits per heavy atom. The van der Waals surface area contributed by atoms with Gasteiger partial charge in [0.05, 0.1) is 0 Å². The van der Waals surface area contributed by atoms with Crippen LogP contribution < -0.4 is 11.1 Å². The average molecular weight is 242 g/mol. The molecule has 0 radical (unpaired) electrons. The van der Waals surface area contributed by atoms with Crippen LogP contribution >= 0.6 is 11.8 Å². The molecule has 2 unspecified atom stereocenters. The third-order valence-corrected chi connectivity index (χ3v) is 6.01. The van der Waals surface area contributed by atoms with Crippen LogP contribution in [0.25, 0.3) is 0 Å². The third kappa shape index (κ3) is 2.74. The van der Waals surface area contributed by atoms with Gasteiger partial charge >= 0.3 is 0 Å². The summed E-state index contributed by atoms with van der Waals surface area (Å²) in [6, 6.07) is 0.703. The SMILES string of the molecule is CSC1(CNC2CCCC2CN)CCCC1. The maximum absolute atomic E-state index is 5.83. The summed E-state index contributed by atoms with van der Waals surface area (Å²) < 4.78 is 0.543. The summed E-state index contributed by atoms with van der Waals surface area (Å²) in [6.45, 7) is 2.07. The average Bonchev–Trinajstić information content (AvgIpc) is 2.96. The van der Waals surface area contributed by atoms with Crippen molar-refractivity contribution >= 4 is 11.8 Å². The molecule has 2 fully saturated rings. The van der Waals surface area contributed by atoms with Gasteiger partial charge in [-0.15, -0.1) is 0 Å². The molecule has 2 saturated carbocycles. The molecule has 0 saturated heterocycles. The second-order valence-electron chi connectivity index (χ2n) is 5.51. The number of nitrogens with one attached hydrogen (secondary N) is 1. The molecule has 2 nitrogen and oxygen atoms in total. The van der Waals surface area contributed by atoms with E-state index in [1.54, 1.807) is 0 Å². The molecular formula is C13H26N2S. The molecule has 2 aliphatic carbocycles. The summed E-state index contributed by atoms with van der Waals surface area (Å²) >= 11 is 2.08. The molecule has 16 heavy (non-hydrogen) atoms. The molecule has 0 aliphatic heterocycles. The number of thioether (sulfide) groups is 1. The molecule has 0 aromatic rings. The lowest BCUT2D eigenvalue weighted by molar-refractivity contribution is 0.384. The molecule has 2 rings (SSSR count). The molecule has 0 amide bonds. The first-order chi connectivity index (χ1) is 7.79. The highest BCUT2D eigenvalue weighted by Gasteiger charge is 2.34. The van der Waals surface area contributed by atoms with Crippen molar-refractivity contribution in [3.8, 4) is 0 Å². The van der Waals surface area contributed by atoms with Crippen LogP contribution in [0.4, 0.5) is 0 Å². The van der Waals surface area contributed by atoms with E-state index in [0.29, 0.717) is 10.8 Å². The van der Waals surface area contributed by atoms with E-state index in [2.05, 4.69) is 23.3 Å². The Morgan fingerprint density at radius 2 is 2.00 bits per heavy atom. The van der Waals surface area contributed by atoms with Crippen molar-refractivity contribution in [1.29, 1.82) is 0 Å². The van der Waals surface area contributed by atoms with Gasteiger partial charge in [-0.1, -0.05) is 19.3 Å². The fourth-order valence-corrected chi connectivity index (χ4v) is 4.30. The quantitative estimate of drug-likeness (QED) is 0.777. The number of hydrogen-bond donors (Lipinski definition) is 2. The van der Waals surface area contributed by atoms with E-state index in [1.165, 1.54) is 51.5 Å². The zero-order valence-corrected chi connectivity index (χ0v) is 11.3. The van der Waals surface area contributed by atoms with Crippen LogP contribution in [0.2, 0.25) is 0 Å². The summed E-state index contributed by atoms with van der Waals surface area (Å²) in [4.78, 5) is 0. The van der Waals surface area contributed by atoms with Gasteiger partial charge in [-0.25, -0.2) is 0 Å². The van der Waals surface area contributed by atoms with Crippen molar-refractivity contribution in [1.82, 2.24) is 5.32 Å². The lowest BCUT2D eigenvalue weighted by Crippen LogP contribution is -2.43. The first-order valence-electron chi connectivity index (χ1n) is 6.78. The molecule has 2 aliphatic rings. The maximum Gasteiger partial charge on any atom is 0.0281 e. The van der Waals surface area contributed by atoms with Crippen LogP contribution in [-0.4, -0.2) is 30.1 Å². The highest BCUT2D eigenvalue weighted by atomic mass is 32.2. The largest absolute Gasteiger partial charge is 0.330 e. The van der Waals surface area contributed by atoms with Gasteiger partial charge in [-0.2, -0.15) is 11.8 Å². The van der Waals surface area contributed by atoms with E-state index >= 15 is 0 Å². The zero-order valence-electron chi connectivity index (χ0n) is 10.5. The predicted molar refractivity (Wildman–Crippen MR) is 72.9 cm³/mol. The van der Waals surface area contributed by atoms with Gasteiger partial charge < -0.3 is 11.1 Å². The molecule has 0 bridgehead atoms. The lowest BCUT2D eigenvalue weighted by Gasteiger charge is -2.30. The molecule has 0 spiro atoms. The maximum atomic E-state index is 5.83. The molecule has 0 heterocycles. The van der Waals surface area contributed by atoms with Crippen LogP contribution in [0.1, 0.15) is 44.9 Å². The first kappa shape index (κ1) is 12.7. The summed E-state index contributed by atoms with van der Waals surface area (Å²) in [5, 5.41) is 3.82. The Kier molecular flexibility index (Phi) is 4.57. The lowest BCUT2D eigenvalue weighted by atomic mass is 10.0. The Bertz CT molecular complexity index is 214. The minimum Gasteiger partial charge on any atom is -0.330 e. The van der Waals surface area contributed by atoms with Crippen LogP contribution in [-0.2, 0) is 0 Å². The fourth-order valence-electron chi connectivity index (χ4n) is 3.38. The summed E-state index contributed by atoms with van der Waals surface area (Å²) in [7, 11) is 0. The standard InChI is InChI=1S/C13H26N2S/c1-16-13(7-2-3-8-13)10-15-12-6-4-5-11(12)9-14/h11-12,15H,2-10,14H2,1H3. The van der Waals surface area contributed by atoms with Crippen LogP contribution in [0.15, 0.2) is 0 Å². The van der Waals surface area contributed by atoms with E-state index in [1.807, 2.05) is 0 Å². The normalized spacial score (nSPS) is 33.4. The van der Waals surface area contributed by atoms with Crippen molar-refractivity contribution in [3.05, 3.63) is 0 Å². The van der Waals surface area contributed by atoms with Crippen molar-refractivity contribution < 1.29 is 0 Å². The molecule has 94 valence electrons. The van der Waals surface area contributed by atoms with Crippen LogP contribution in [0.3, 0.4) is 0 Å². The summed E-state index contributed by atoms with van der Waals surface area (Å²) in [5.74, 6) is 0.736. The number of hydrogen-bond acceptors (Lipinski definition) is 3. The monoisotopic (exact) mass is 242 g/mol. The van der Waals surface area contributed by atoms with Gasteiger partial charge in [0.25, 0.3) is 0 Å². The molecule has 0 aromatic carbocycles. The van der Waals surface area contributed by atoms with Gasteiger partial charge in [-0.3, -0.25) is 0 Å². The highest BCUT2D eigenvalue weighted by Crippen LogP contribution is 2.40. The van der Waals surface area contributed by atoms with Crippen LogP contribution in [0, 0.1) is 5.92 Å². The van der Waals surface area contributed by atoms with Gasteiger partial charge in [-0.05, 0) is 44.4 Å². The van der Waals surface area contributed by atoms with E-state index in [9.17, 15) is 0 Å². The van der Waals surface area contributed by atoms with Crippen molar-refractivity contribution in [2.24, 2.45) is 11.7 Å². The van der Waals surface area contributed by atoms with Crippen molar-refractivity contribution in [2.75, 3.05) is 19.3 Å². The second-order valence-corrected chi connectivity index (χ2v) is 6.78. The summed E-state index contributed by atoms with van der Waals surface area (Å²) in [5.41, 5.74) is 5.83. The summed E-state index contributed by atoms with van der Waals surface area (Å²) in [6.07, 6.45) is 12.0. The molecule has 3 N–H and O–H groups in total. The highest BCUT2D eigenvalue weighted by molar-refractivity contribution is 8.00. The third-order valence-electron chi connectivity index (χ3n) is 4.60. The first-order valence-corrected chi connectivity index (χ1v) is 8.01. The molecular weight excluding hydrogens is 216 g/mol. The van der Waals surface area contributed by atoms with Gasteiger partial charge in [0, 0.05) is 17.3 Å². The Hall–Kier alpha value is 0.270. The second kappa shape index (κ2) is 5.74. The van der Waals surface area contributed by atoms with Gasteiger partial charge in [0.1, 0.15) is 0 Å². The van der Waals surface area contributed by atoms with E-state index < -0.39 is 0 Å². The fraction of sp³-hybridized carbons (Fsp3) is 1.00. The van der Waals surface area contributed by atoms with Crippen LogP contribution in [0.5, 0.6) is 0 Å². The van der Waals surface area contributed by atoms with E-state index in [4.69, 9.17) is 5.73 Å². The number of nitrogens with two attached hydrogens (primary N) is 1. The number of rotatable bonds is 5. The van der Waals surface area contributed by atoms with Crippen molar-refractivity contribution in [2.45, 2.75) is 55.7 Å². The smallest absolute Gasteiger partial charge is 0.0281 e. The van der Waals surface area contributed by atoms with Gasteiger partial charge in [0.15, 0.2) is 0 Å². The van der Waals surface area contributed by atoms with E-state index in [0.717, 1.165) is 12.5 Å².